The molecule has 1 heterocycles. The van der Waals surface area contributed by atoms with E-state index in [2.05, 4.69) is 11.1 Å². The number of aliphatic carboxylic acids is 1. The van der Waals surface area contributed by atoms with E-state index in [1.54, 1.807) is 12.1 Å². The molecule has 112 valence electrons. The van der Waals surface area contributed by atoms with Crippen LogP contribution < -0.4 is 4.74 Å². The van der Waals surface area contributed by atoms with E-state index in [1.807, 2.05) is 13.0 Å². The highest BCUT2D eigenvalue weighted by molar-refractivity contribution is 5.88. The Balaban J connectivity index is 2.32. The number of methoxy groups -OCH3 is 1. The van der Waals surface area contributed by atoms with E-state index in [-0.39, 0.29) is 5.92 Å². The number of hydrogen-bond donors (Lipinski definition) is 1. The number of nitrogens with zero attached hydrogens (tertiary/aromatic N) is 2. The second kappa shape index (κ2) is 4.99. The molecule has 2 aliphatic carbocycles. The fourth-order valence-electron chi connectivity index (χ4n) is 3.71. The Morgan fingerprint density at radius 2 is 2.36 bits per heavy atom. The highest BCUT2D eigenvalue weighted by Crippen LogP contribution is 2.51. The van der Waals surface area contributed by atoms with Crippen molar-refractivity contribution in [2.75, 3.05) is 7.11 Å². The van der Waals surface area contributed by atoms with Gasteiger partial charge in [0.15, 0.2) is 0 Å². The van der Waals surface area contributed by atoms with Gasteiger partial charge in [-0.2, -0.15) is 5.26 Å². The molecule has 1 aromatic heterocycles. The first-order valence-electron chi connectivity index (χ1n) is 7.08. The maximum absolute atomic E-state index is 12.2. The molecule has 0 unspecified atom stereocenters. The van der Waals surface area contributed by atoms with Crippen LogP contribution in [0.5, 0.6) is 5.88 Å². The van der Waals surface area contributed by atoms with Gasteiger partial charge in [-0.1, -0.05) is 17.7 Å². The van der Waals surface area contributed by atoms with Gasteiger partial charge in [0.1, 0.15) is 5.41 Å². The predicted octanol–water partition coefficient (Wildman–Crippen LogP) is 2.38. The summed E-state index contributed by atoms with van der Waals surface area (Å²) in [5.74, 6) is -0.554. The van der Waals surface area contributed by atoms with Gasteiger partial charge in [0.2, 0.25) is 5.88 Å². The van der Waals surface area contributed by atoms with Crippen LogP contribution in [0.1, 0.15) is 24.6 Å². The third-order valence-electron chi connectivity index (χ3n) is 4.54. The topological polar surface area (TPSA) is 83.2 Å². The maximum Gasteiger partial charge on any atom is 0.318 e. The summed E-state index contributed by atoms with van der Waals surface area (Å²) in [6.45, 7) is 1.94. The van der Waals surface area contributed by atoms with Crippen LogP contribution in [-0.4, -0.2) is 23.2 Å². The number of carboxylic acid groups (broad SMARTS) is 1. The van der Waals surface area contributed by atoms with Gasteiger partial charge in [-0.3, -0.25) is 4.79 Å². The van der Waals surface area contributed by atoms with Crippen LogP contribution >= 0.6 is 0 Å². The van der Waals surface area contributed by atoms with Gasteiger partial charge < -0.3 is 9.84 Å². The molecule has 5 nitrogen and oxygen atoms in total. The molecule has 0 amide bonds. The Morgan fingerprint density at radius 1 is 1.59 bits per heavy atom. The third-order valence-corrected chi connectivity index (χ3v) is 4.54. The molecule has 1 N–H and O–H groups in total. The largest absolute Gasteiger partial charge is 0.481 e. The van der Waals surface area contributed by atoms with Crippen LogP contribution in [0.25, 0.3) is 0 Å². The maximum atomic E-state index is 12.2. The molecule has 0 aromatic carbocycles. The van der Waals surface area contributed by atoms with Gasteiger partial charge in [-0.25, -0.2) is 4.98 Å². The summed E-state index contributed by atoms with van der Waals surface area (Å²) in [4.78, 5) is 16.6. The van der Waals surface area contributed by atoms with Gasteiger partial charge in [0.05, 0.1) is 18.9 Å². The predicted molar refractivity (Wildman–Crippen MR) is 79.4 cm³/mol. The van der Waals surface area contributed by atoms with Crippen LogP contribution in [0.2, 0.25) is 0 Å². The van der Waals surface area contributed by atoms with Crippen LogP contribution in [0.4, 0.5) is 0 Å². The molecule has 0 saturated carbocycles. The number of allylic oxidation sites excluding steroid dienone is 3. The molecule has 2 atom stereocenters. The van der Waals surface area contributed by atoms with Gasteiger partial charge in [-0.15, -0.1) is 0 Å². The fraction of sp³-hybridized carbons (Fsp3) is 0.353. The smallest absolute Gasteiger partial charge is 0.318 e. The SMILES string of the molecule is COc1ccc2c(n1)C[C@H]1C=C(C)C[C@]2(C(=O)O)C1=CC#N. The van der Waals surface area contributed by atoms with Crippen LogP contribution in [0, 0.1) is 17.2 Å². The molecular weight excluding hydrogens is 280 g/mol. The quantitative estimate of drug-likeness (QED) is 0.669. The summed E-state index contributed by atoms with van der Waals surface area (Å²) < 4.78 is 5.15. The van der Waals surface area contributed by atoms with Crippen molar-refractivity contribution in [3.63, 3.8) is 0 Å². The van der Waals surface area contributed by atoms with Gasteiger partial charge in [-0.05, 0) is 24.5 Å². The molecule has 0 saturated heterocycles. The van der Waals surface area contributed by atoms with Crippen LogP contribution in [0.15, 0.2) is 35.4 Å². The number of hydrogen-bond acceptors (Lipinski definition) is 4. The van der Waals surface area contributed by atoms with Crippen molar-refractivity contribution in [2.24, 2.45) is 5.92 Å². The summed E-state index contributed by atoms with van der Waals surface area (Å²) in [6.07, 6.45) is 4.41. The number of nitriles is 1. The van der Waals surface area contributed by atoms with Crippen molar-refractivity contribution in [3.8, 4) is 11.9 Å². The number of carbonyl (C=O) groups is 1. The van der Waals surface area contributed by atoms with Gasteiger partial charge >= 0.3 is 5.97 Å². The first-order valence-corrected chi connectivity index (χ1v) is 7.08. The summed E-state index contributed by atoms with van der Waals surface area (Å²) >= 11 is 0. The monoisotopic (exact) mass is 296 g/mol. The first kappa shape index (κ1) is 14.3. The summed E-state index contributed by atoms with van der Waals surface area (Å²) in [5.41, 5.74) is 1.92. The van der Waals surface area contributed by atoms with Crippen molar-refractivity contribution in [1.29, 1.82) is 5.26 Å². The lowest BCUT2D eigenvalue weighted by atomic mass is 9.58. The number of aromatic nitrogens is 1. The van der Waals surface area contributed by atoms with Gasteiger partial charge in [0, 0.05) is 24.5 Å². The Hall–Kier alpha value is -2.61. The lowest BCUT2D eigenvalue weighted by Crippen LogP contribution is -2.46. The number of fused-ring (bicyclic) bond motifs is 4. The second-order valence-corrected chi connectivity index (χ2v) is 5.79. The summed E-state index contributed by atoms with van der Waals surface area (Å²) in [6, 6.07) is 5.47. The Labute approximate surface area is 128 Å². The Bertz CT molecular complexity index is 758. The number of ether oxygens (including phenoxy) is 1. The highest BCUT2D eigenvalue weighted by Gasteiger charge is 2.52. The standard InChI is InChI=1S/C17H16N2O3/c1-10-7-11-8-14-13(3-4-15(19-14)22-2)17(9-10,16(20)21)12(11)5-6-18/h3-5,7,11H,8-9H2,1-2H3,(H,20,21)/t11-,17+/m1/s1. The third kappa shape index (κ3) is 1.84. The second-order valence-electron chi connectivity index (χ2n) is 5.79. The van der Waals surface area contributed by atoms with E-state index in [9.17, 15) is 9.90 Å². The first-order chi connectivity index (χ1) is 10.5. The minimum absolute atomic E-state index is 0.100. The molecule has 5 heteroatoms. The lowest BCUT2D eigenvalue weighted by molar-refractivity contribution is -0.142. The van der Waals surface area contributed by atoms with Gasteiger partial charge in [0.25, 0.3) is 0 Å². The zero-order valence-corrected chi connectivity index (χ0v) is 12.5. The normalized spacial score (nSPS) is 27.6. The minimum Gasteiger partial charge on any atom is -0.481 e. The zero-order chi connectivity index (χ0) is 15.9. The highest BCUT2D eigenvalue weighted by atomic mass is 16.5. The van der Waals surface area contributed by atoms with Crippen LogP contribution in [0.3, 0.4) is 0 Å². The van der Waals surface area contributed by atoms with E-state index in [0.717, 1.165) is 11.3 Å². The van der Waals surface area contributed by atoms with Crippen molar-refractivity contribution in [2.45, 2.75) is 25.2 Å². The molecule has 0 aliphatic heterocycles. The van der Waals surface area contributed by atoms with Crippen molar-refractivity contribution in [1.82, 2.24) is 4.98 Å². The molecule has 22 heavy (non-hydrogen) atoms. The number of carboxylic acids is 1. The van der Waals surface area contributed by atoms with Crippen molar-refractivity contribution < 1.29 is 14.6 Å². The van der Waals surface area contributed by atoms with E-state index in [1.165, 1.54) is 13.2 Å². The molecule has 1 aromatic rings. The van der Waals surface area contributed by atoms with E-state index < -0.39 is 11.4 Å². The minimum atomic E-state index is -1.19. The van der Waals surface area contributed by atoms with E-state index in [0.29, 0.717) is 29.9 Å². The molecule has 0 fully saturated rings. The van der Waals surface area contributed by atoms with Crippen molar-refractivity contribution in [3.05, 3.63) is 46.7 Å². The lowest BCUT2D eigenvalue weighted by Gasteiger charge is -2.44. The molecule has 3 rings (SSSR count). The zero-order valence-electron chi connectivity index (χ0n) is 12.5. The van der Waals surface area contributed by atoms with E-state index >= 15 is 0 Å². The molecule has 0 spiro atoms. The Kier molecular flexibility index (Phi) is 3.25. The molecular formula is C17H16N2O3. The number of rotatable bonds is 2. The summed E-state index contributed by atoms with van der Waals surface area (Å²) in [7, 11) is 1.54. The van der Waals surface area contributed by atoms with Crippen LogP contribution in [-0.2, 0) is 16.6 Å². The molecule has 2 bridgehead atoms. The Morgan fingerprint density at radius 3 is 3.00 bits per heavy atom. The average Bonchev–Trinajstić information content (AvgIpc) is 2.48. The molecule has 2 aliphatic rings. The molecule has 0 radical (unpaired) electrons. The summed E-state index contributed by atoms with van der Waals surface area (Å²) in [5, 5.41) is 19.1. The van der Waals surface area contributed by atoms with E-state index in [4.69, 9.17) is 10.00 Å². The average molecular weight is 296 g/mol. The fourth-order valence-corrected chi connectivity index (χ4v) is 3.71. The van der Waals surface area contributed by atoms with Crippen molar-refractivity contribution >= 4 is 5.97 Å². The number of pyridine rings is 1.